The van der Waals surface area contributed by atoms with Crippen LogP contribution in [0.2, 0.25) is 0 Å². The van der Waals surface area contributed by atoms with Crippen LogP contribution in [0.5, 0.6) is 5.75 Å². The van der Waals surface area contributed by atoms with Crippen molar-refractivity contribution >= 4 is 0 Å². The van der Waals surface area contributed by atoms with E-state index >= 15 is 0 Å². The molecule has 2 nitrogen and oxygen atoms in total. The SMILES string of the molecule is CCc1ccc(C(NC)c2cccc(OC(F)F)c2)cc1. The standard InChI is InChI=1S/C17H19F2NO/c1-3-12-7-9-13(10-8-12)16(20-2)14-5-4-6-15(11-14)21-17(18)19/h4-11,16-17,20H,3H2,1-2H3. The van der Waals surface area contributed by atoms with E-state index in [1.807, 2.05) is 13.1 Å². The van der Waals surface area contributed by atoms with Gasteiger partial charge in [-0.3, -0.25) is 0 Å². The number of aryl methyl sites for hydroxylation is 1. The van der Waals surface area contributed by atoms with Crippen molar-refractivity contribution in [2.75, 3.05) is 7.05 Å². The predicted molar refractivity (Wildman–Crippen MR) is 79.8 cm³/mol. The molecule has 0 aliphatic carbocycles. The lowest BCUT2D eigenvalue weighted by atomic mass is 9.97. The normalized spacial score (nSPS) is 12.4. The van der Waals surface area contributed by atoms with E-state index in [1.54, 1.807) is 12.1 Å². The smallest absolute Gasteiger partial charge is 0.387 e. The minimum atomic E-state index is -2.81. The van der Waals surface area contributed by atoms with Crippen molar-refractivity contribution in [2.24, 2.45) is 0 Å². The Bertz CT molecular complexity index is 569. The third-order valence-electron chi connectivity index (χ3n) is 3.43. The van der Waals surface area contributed by atoms with Crippen LogP contribution in [0.4, 0.5) is 8.78 Å². The van der Waals surface area contributed by atoms with Gasteiger partial charge in [0.25, 0.3) is 0 Å². The van der Waals surface area contributed by atoms with Crippen LogP contribution in [0.15, 0.2) is 48.5 Å². The fraction of sp³-hybridized carbons (Fsp3) is 0.294. The Morgan fingerprint density at radius 2 is 1.76 bits per heavy atom. The maximum Gasteiger partial charge on any atom is 0.387 e. The third-order valence-corrected chi connectivity index (χ3v) is 3.43. The molecule has 0 radical (unpaired) electrons. The van der Waals surface area contributed by atoms with E-state index in [1.165, 1.54) is 11.6 Å². The summed E-state index contributed by atoms with van der Waals surface area (Å²) in [5, 5.41) is 3.21. The van der Waals surface area contributed by atoms with Crippen LogP contribution < -0.4 is 10.1 Å². The first kappa shape index (κ1) is 15.4. The molecule has 2 aromatic rings. The molecule has 0 heterocycles. The van der Waals surface area contributed by atoms with Crippen molar-refractivity contribution in [3.63, 3.8) is 0 Å². The van der Waals surface area contributed by atoms with Gasteiger partial charge in [0.2, 0.25) is 0 Å². The van der Waals surface area contributed by atoms with Gasteiger partial charge in [-0.1, -0.05) is 43.3 Å². The molecule has 0 aliphatic rings. The average molecular weight is 291 g/mol. The number of alkyl halides is 2. The summed E-state index contributed by atoms with van der Waals surface area (Å²) in [6, 6.07) is 15.0. The molecule has 2 aromatic carbocycles. The zero-order valence-corrected chi connectivity index (χ0v) is 12.1. The molecule has 1 N–H and O–H groups in total. The molecule has 2 rings (SSSR count). The van der Waals surface area contributed by atoms with E-state index in [-0.39, 0.29) is 11.8 Å². The zero-order chi connectivity index (χ0) is 15.2. The average Bonchev–Trinajstić information content (AvgIpc) is 2.48. The zero-order valence-electron chi connectivity index (χ0n) is 12.1. The second-order valence-corrected chi connectivity index (χ2v) is 4.77. The molecular formula is C17H19F2NO. The van der Waals surface area contributed by atoms with Crippen LogP contribution >= 0.6 is 0 Å². The predicted octanol–water partition coefficient (Wildman–Crippen LogP) is 4.16. The highest BCUT2D eigenvalue weighted by Gasteiger charge is 2.13. The molecule has 4 heteroatoms. The molecule has 0 fully saturated rings. The second kappa shape index (κ2) is 7.18. The van der Waals surface area contributed by atoms with E-state index in [2.05, 4.69) is 41.2 Å². The van der Waals surface area contributed by atoms with Crippen LogP contribution in [0, 0.1) is 0 Å². The Morgan fingerprint density at radius 3 is 2.33 bits per heavy atom. The van der Waals surface area contributed by atoms with E-state index in [0.717, 1.165) is 17.5 Å². The van der Waals surface area contributed by atoms with Crippen molar-refractivity contribution in [2.45, 2.75) is 26.0 Å². The van der Waals surface area contributed by atoms with Gasteiger partial charge in [-0.05, 0) is 42.3 Å². The summed E-state index contributed by atoms with van der Waals surface area (Å²) in [5.41, 5.74) is 3.24. The molecule has 1 unspecified atom stereocenters. The molecule has 0 saturated heterocycles. The number of benzene rings is 2. The molecule has 0 amide bonds. The van der Waals surface area contributed by atoms with Crippen LogP contribution in [0.25, 0.3) is 0 Å². The first-order valence-corrected chi connectivity index (χ1v) is 6.95. The van der Waals surface area contributed by atoms with Crippen molar-refractivity contribution in [1.29, 1.82) is 0 Å². The molecule has 1 atom stereocenters. The summed E-state index contributed by atoms with van der Waals surface area (Å²) in [6.07, 6.45) is 0.988. The summed E-state index contributed by atoms with van der Waals surface area (Å²) in [6.45, 7) is -0.701. The van der Waals surface area contributed by atoms with Gasteiger partial charge in [-0.25, -0.2) is 0 Å². The topological polar surface area (TPSA) is 21.3 Å². The summed E-state index contributed by atoms with van der Waals surface area (Å²) in [5.74, 6) is 0.174. The first-order valence-electron chi connectivity index (χ1n) is 6.95. The number of halogens is 2. The third kappa shape index (κ3) is 4.02. The number of hydrogen-bond acceptors (Lipinski definition) is 2. The van der Waals surface area contributed by atoms with Gasteiger partial charge >= 0.3 is 6.61 Å². The van der Waals surface area contributed by atoms with Gasteiger partial charge in [0.05, 0.1) is 6.04 Å². The molecule has 112 valence electrons. The van der Waals surface area contributed by atoms with Gasteiger partial charge in [0, 0.05) is 0 Å². The monoisotopic (exact) mass is 291 g/mol. The van der Waals surface area contributed by atoms with Crippen LogP contribution in [0.3, 0.4) is 0 Å². The highest BCUT2D eigenvalue weighted by atomic mass is 19.3. The first-order chi connectivity index (χ1) is 10.1. The molecule has 0 bridgehead atoms. The van der Waals surface area contributed by atoms with Crippen molar-refractivity contribution in [3.05, 3.63) is 65.2 Å². The molecular weight excluding hydrogens is 272 g/mol. The molecule has 0 spiro atoms. The van der Waals surface area contributed by atoms with Gasteiger partial charge in [-0.15, -0.1) is 0 Å². The molecule has 0 aromatic heterocycles. The minimum Gasteiger partial charge on any atom is -0.435 e. The number of rotatable bonds is 6. The Kier molecular flexibility index (Phi) is 5.28. The fourth-order valence-corrected chi connectivity index (χ4v) is 2.34. The summed E-state index contributed by atoms with van der Waals surface area (Å²) in [4.78, 5) is 0. The van der Waals surface area contributed by atoms with E-state index in [9.17, 15) is 8.78 Å². The Morgan fingerprint density at radius 1 is 1.05 bits per heavy atom. The molecule has 21 heavy (non-hydrogen) atoms. The van der Waals surface area contributed by atoms with Crippen molar-refractivity contribution < 1.29 is 13.5 Å². The van der Waals surface area contributed by atoms with Crippen LogP contribution in [-0.2, 0) is 6.42 Å². The fourth-order valence-electron chi connectivity index (χ4n) is 2.34. The quantitative estimate of drug-likeness (QED) is 0.863. The number of nitrogens with one attached hydrogen (secondary N) is 1. The van der Waals surface area contributed by atoms with Gasteiger partial charge in [0.1, 0.15) is 5.75 Å². The van der Waals surface area contributed by atoms with Crippen molar-refractivity contribution in [1.82, 2.24) is 5.32 Å². The van der Waals surface area contributed by atoms with E-state index < -0.39 is 6.61 Å². The van der Waals surface area contributed by atoms with Crippen molar-refractivity contribution in [3.8, 4) is 5.75 Å². The maximum absolute atomic E-state index is 12.3. The Hall–Kier alpha value is -1.94. The van der Waals surface area contributed by atoms with E-state index in [4.69, 9.17) is 0 Å². The highest BCUT2D eigenvalue weighted by Crippen LogP contribution is 2.26. The highest BCUT2D eigenvalue weighted by molar-refractivity contribution is 5.37. The van der Waals surface area contributed by atoms with E-state index in [0.29, 0.717) is 0 Å². The summed E-state index contributed by atoms with van der Waals surface area (Å²) in [7, 11) is 1.85. The molecule has 0 aliphatic heterocycles. The Balaban J connectivity index is 2.27. The molecule has 0 saturated carbocycles. The van der Waals surface area contributed by atoms with Gasteiger partial charge in [-0.2, -0.15) is 8.78 Å². The van der Waals surface area contributed by atoms with Gasteiger partial charge in [0.15, 0.2) is 0 Å². The second-order valence-electron chi connectivity index (χ2n) is 4.77. The van der Waals surface area contributed by atoms with Crippen LogP contribution in [0.1, 0.15) is 29.7 Å². The van der Waals surface area contributed by atoms with Crippen LogP contribution in [-0.4, -0.2) is 13.7 Å². The Labute approximate surface area is 123 Å². The number of ether oxygens (including phenoxy) is 1. The lowest BCUT2D eigenvalue weighted by Gasteiger charge is -2.18. The lowest BCUT2D eigenvalue weighted by molar-refractivity contribution is -0.0498. The number of hydrogen-bond donors (Lipinski definition) is 1. The largest absolute Gasteiger partial charge is 0.435 e. The summed E-state index contributed by atoms with van der Waals surface area (Å²) >= 11 is 0. The van der Waals surface area contributed by atoms with Gasteiger partial charge < -0.3 is 10.1 Å². The minimum absolute atomic E-state index is 0.0582. The maximum atomic E-state index is 12.3. The lowest BCUT2D eigenvalue weighted by Crippen LogP contribution is -2.17. The summed E-state index contributed by atoms with van der Waals surface area (Å²) < 4.78 is 29.1.